The van der Waals surface area contributed by atoms with E-state index in [2.05, 4.69) is 47.7 Å². The highest BCUT2D eigenvalue weighted by atomic mass is 32.2. The Bertz CT molecular complexity index is 1550. The molecule has 39 heavy (non-hydrogen) atoms. The van der Waals surface area contributed by atoms with Crippen molar-refractivity contribution in [3.8, 4) is 17.5 Å². The van der Waals surface area contributed by atoms with Gasteiger partial charge >= 0.3 is 0 Å². The predicted molar refractivity (Wildman–Crippen MR) is 148 cm³/mol. The van der Waals surface area contributed by atoms with Gasteiger partial charge in [0.1, 0.15) is 5.82 Å². The number of nitriles is 1. The average Bonchev–Trinajstić information content (AvgIpc) is 3.35. The topological polar surface area (TPSA) is 170 Å². The molecule has 2 atom stereocenters. The van der Waals surface area contributed by atoms with Crippen LogP contribution in [0.3, 0.4) is 0 Å². The highest BCUT2D eigenvalue weighted by Gasteiger charge is 2.33. The third kappa shape index (κ3) is 6.10. The number of aliphatic imine (C=N–C) groups is 2. The van der Waals surface area contributed by atoms with Crippen LogP contribution in [0.25, 0.3) is 17.1 Å². The molecule has 0 aliphatic rings. The van der Waals surface area contributed by atoms with Gasteiger partial charge in [0.2, 0.25) is 27.8 Å². The summed E-state index contributed by atoms with van der Waals surface area (Å²) in [4.78, 5) is 16.6. The van der Waals surface area contributed by atoms with Crippen LogP contribution in [0.1, 0.15) is 36.7 Å². The molecule has 0 spiro atoms. The van der Waals surface area contributed by atoms with Crippen LogP contribution in [0.2, 0.25) is 0 Å². The van der Waals surface area contributed by atoms with E-state index >= 15 is 0 Å². The number of nitrogens with one attached hydrogen (secondary N) is 1. The normalized spacial score (nSPS) is 14.0. The summed E-state index contributed by atoms with van der Waals surface area (Å²) in [6.07, 6.45) is 3.26. The van der Waals surface area contributed by atoms with Crippen molar-refractivity contribution in [2.45, 2.75) is 31.9 Å². The van der Waals surface area contributed by atoms with Gasteiger partial charge in [0, 0.05) is 30.9 Å². The molecule has 0 radical (unpaired) electrons. The lowest BCUT2D eigenvalue weighted by atomic mass is 10.1. The zero-order valence-corrected chi connectivity index (χ0v) is 23.3. The molecule has 0 saturated carbocycles. The van der Waals surface area contributed by atoms with Crippen molar-refractivity contribution >= 4 is 34.3 Å². The SMILES string of the molecule is C=N/C(OC)=C(\C(=NC)OC)n1c(NS(=O)(=O)[C@@H](C)[C@H](C)c2ncc(C)cn2)nnc1-c1cccc(C#N)c1. The van der Waals surface area contributed by atoms with Crippen LogP contribution in [0.4, 0.5) is 5.95 Å². The van der Waals surface area contributed by atoms with Gasteiger partial charge in [-0.05, 0) is 38.3 Å². The van der Waals surface area contributed by atoms with E-state index in [1.165, 1.54) is 25.8 Å². The molecule has 3 rings (SSSR count). The Kier molecular flexibility index (Phi) is 9.10. The number of sulfonamides is 1. The number of rotatable bonds is 10. The van der Waals surface area contributed by atoms with Crippen molar-refractivity contribution < 1.29 is 17.9 Å². The molecule has 0 bridgehead atoms. The van der Waals surface area contributed by atoms with Crippen LogP contribution in [-0.4, -0.2) is 72.3 Å². The van der Waals surface area contributed by atoms with Crippen molar-refractivity contribution in [3.05, 3.63) is 59.5 Å². The van der Waals surface area contributed by atoms with Crippen LogP contribution in [0, 0.1) is 18.3 Å². The van der Waals surface area contributed by atoms with Gasteiger partial charge in [-0.25, -0.2) is 23.4 Å². The number of hydrogen-bond donors (Lipinski definition) is 1. The lowest BCUT2D eigenvalue weighted by Crippen LogP contribution is -2.32. The summed E-state index contributed by atoms with van der Waals surface area (Å²) in [5.41, 5.74) is 1.77. The number of ether oxygens (including phenoxy) is 2. The Morgan fingerprint density at radius 3 is 2.44 bits per heavy atom. The number of benzene rings is 1. The number of methoxy groups -OCH3 is 2. The highest BCUT2D eigenvalue weighted by Crippen LogP contribution is 2.31. The summed E-state index contributed by atoms with van der Waals surface area (Å²) >= 11 is 0. The molecular formula is C25H29N9O4S. The molecule has 0 unspecified atom stereocenters. The van der Waals surface area contributed by atoms with Gasteiger partial charge in [0.15, 0.2) is 11.5 Å². The number of nitrogens with zero attached hydrogens (tertiary/aromatic N) is 8. The second-order valence-corrected chi connectivity index (χ2v) is 10.4. The molecule has 2 aromatic heterocycles. The second kappa shape index (κ2) is 12.3. The third-order valence-electron chi connectivity index (χ3n) is 5.91. The molecule has 0 saturated heterocycles. The van der Waals surface area contributed by atoms with Crippen molar-refractivity contribution in [3.63, 3.8) is 0 Å². The lowest BCUT2D eigenvalue weighted by molar-refractivity contribution is 0.288. The van der Waals surface area contributed by atoms with Crippen LogP contribution in [0.5, 0.6) is 0 Å². The van der Waals surface area contributed by atoms with Gasteiger partial charge in [-0.15, -0.1) is 10.2 Å². The van der Waals surface area contributed by atoms with E-state index in [1.807, 2.05) is 6.92 Å². The number of anilines is 1. The quantitative estimate of drug-likeness (QED) is 0.226. The van der Waals surface area contributed by atoms with Crippen molar-refractivity contribution in [1.29, 1.82) is 5.26 Å². The Labute approximate surface area is 227 Å². The fourth-order valence-electron chi connectivity index (χ4n) is 3.63. The van der Waals surface area contributed by atoms with Crippen molar-refractivity contribution in [2.75, 3.05) is 26.0 Å². The number of hydrogen-bond acceptors (Lipinski definition) is 11. The molecule has 1 aromatic carbocycles. The minimum atomic E-state index is -4.08. The van der Waals surface area contributed by atoms with E-state index in [0.29, 0.717) is 17.0 Å². The summed E-state index contributed by atoms with van der Waals surface area (Å²) in [5.74, 6) is -0.206. The molecule has 3 aromatic rings. The minimum Gasteiger partial charge on any atom is -0.480 e. The van der Waals surface area contributed by atoms with Crippen LogP contribution >= 0.6 is 0 Å². The fraction of sp³-hybridized carbons (Fsp3) is 0.320. The lowest BCUT2D eigenvalue weighted by Gasteiger charge is -2.21. The Morgan fingerprint density at radius 1 is 1.18 bits per heavy atom. The van der Waals surface area contributed by atoms with Crippen molar-refractivity contribution in [2.24, 2.45) is 9.98 Å². The summed E-state index contributed by atoms with van der Waals surface area (Å²) < 4.78 is 41.9. The highest BCUT2D eigenvalue weighted by molar-refractivity contribution is 7.93. The second-order valence-electron chi connectivity index (χ2n) is 8.38. The standard InChI is InChI=1S/C25H29N9O4S/c1-15-13-29-21(30-14-15)16(2)17(3)39(35,36)33-25-32-31-22(19-10-8-9-18(11-19)12-26)34(25)20(23(27-4)37-6)24(28-5)38-7/h8-11,13-14,16-17H,4H2,1-3,5-7H3,(H,32,33)/b23-20-,28-24?/t16-,17-/m0/s1. The van der Waals surface area contributed by atoms with E-state index in [1.54, 1.807) is 50.5 Å². The smallest absolute Gasteiger partial charge is 0.243 e. The van der Waals surface area contributed by atoms with Gasteiger partial charge < -0.3 is 9.47 Å². The molecule has 14 heteroatoms. The maximum absolute atomic E-state index is 13.6. The number of aryl methyl sites for hydroxylation is 1. The molecule has 13 nitrogen and oxygen atoms in total. The van der Waals surface area contributed by atoms with Crippen LogP contribution in [-0.2, 0) is 19.5 Å². The maximum atomic E-state index is 13.6. The zero-order valence-electron chi connectivity index (χ0n) is 22.4. The van der Waals surface area contributed by atoms with Gasteiger partial charge in [-0.2, -0.15) is 5.26 Å². The first-order valence-corrected chi connectivity index (χ1v) is 13.2. The zero-order chi connectivity index (χ0) is 28.7. The first kappa shape index (κ1) is 28.9. The maximum Gasteiger partial charge on any atom is 0.243 e. The van der Waals surface area contributed by atoms with Gasteiger partial charge in [-0.1, -0.05) is 19.1 Å². The minimum absolute atomic E-state index is 0.0339. The van der Waals surface area contributed by atoms with E-state index in [9.17, 15) is 13.7 Å². The van der Waals surface area contributed by atoms with Crippen molar-refractivity contribution in [1.82, 2.24) is 24.7 Å². The average molecular weight is 552 g/mol. The molecule has 0 aliphatic carbocycles. The van der Waals surface area contributed by atoms with E-state index in [0.717, 1.165) is 5.56 Å². The van der Waals surface area contributed by atoms with Crippen LogP contribution in [0.15, 0.2) is 52.5 Å². The predicted octanol–water partition coefficient (Wildman–Crippen LogP) is 3.00. The van der Waals surface area contributed by atoms with E-state index < -0.39 is 21.2 Å². The first-order valence-electron chi connectivity index (χ1n) is 11.6. The Hall–Kier alpha value is -4.64. The molecule has 0 fully saturated rings. The van der Waals surface area contributed by atoms with E-state index in [-0.39, 0.29) is 29.3 Å². The van der Waals surface area contributed by atoms with Gasteiger partial charge in [0.05, 0.1) is 31.1 Å². The molecular weight excluding hydrogens is 522 g/mol. The Morgan fingerprint density at radius 2 is 1.87 bits per heavy atom. The molecule has 2 heterocycles. The monoisotopic (exact) mass is 551 g/mol. The summed E-state index contributed by atoms with van der Waals surface area (Å²) in [6.45, 7) is 8.66. The van der Waals surface area contributed by atoms with Gasteiger partial charge in [0.25, 0.3) is 0 Å². The Balaban J connectivity index is 2.22. The largest absolute Gasteiger partial charge is 0.480 e. The summed E-state index contributed by atoms with van der Waals surface area (Å²) in [6, 6.07) is 8.64. The molecule has 1 N–H and O–H groups in total. The summed E-state index contributed by atoms with van der Waals surface area (Å²) in [5, 5.41) is 16.8. The third-order valence-corrected chi connectivity index (χ3v) is 7.76. The molecule has 0 aliphatic heterocycles. The van der Waals surface area contributed by atoms with Crippen LogP contribution < -0.4 is 4.72 Å². The first-order chi connectivity index (χ1) is 18.6. The fourth-order valence-corrected chi connectivity index (χ4v) is 4.86. The number of aromatic nitrogens is 5. The molecule has 204 valence electrons. The summed E-state index contributed by atoms with van der Waals surface area (Å²) in [7, 11) is 0.141. The van der Waals surface area contributed by atoms with E-state index in [4.69, 9.17) is 9.47 Å². The van der Waals surface area contributed by atoms with Gasteiger partial charge in [-0.3, -0.25) is 14.3 Å². The molecule has 0 amide bonds.